The summed E-state index contributed by atoms with van der Waals surface area (Å²) in [6, 6.07) is 5.47. The molecule has 1 aromatic carbocycles. The summed E-state index contributed by atoms with van der Waals surface area (Å²) >= 11 is 0. The lowest BCUT2D eigenvalue weighted by atomic mass is 9.86. The van der Waals surface area contributed by atoms with E-state index in [1.165, 1.54) is 0 Å². The zero-order chi connectivity index (χ0) is 13.5. The second-order valence-corrected chi connectivity index (χ2v) is 3.94. The van der Waals surface area contributed by atoms with E-state index in [4.69, 9.17) is 9.47 Å². The summed E-state index contributed by atoms with van der Waals surface area (Å²) in [6.07, 6.45) is 0.918. The second-order valence-electron chi connectivity index (χ2n) is 3.94. The number of hydrogen-bond acceptors (Lipinski definition) is 3. The first-order valence-corrected chi connectivity index (χ1v) is 5.73. The number of carbonyl (C=O) groups excluding carboxylic acids is 1. The zero-order valence-corrected chi connectivity index (χ0v) is 11.5. The van der Waals surface area contributed by atoms with Crippen LogP contribution in [0.1, 0.15) is 33.3 Å². The predicted molar refractivity (Wildman–Crippen MR) is 70.0 cm³/mol. The molecule has 0 aromatic heterocycles. The molecule has 0 spiro atoms. The molecule has 0 aliphatic rings. The third-order valence-corrected chi connectivity index (χ3v) is 2.39. The van der Waals surface area contributed by atoms with E-state index in [-0.39, 0.29) is 0 Å². The smallest absolute Gasteiger partial charge is 0.129 e. The Bertz CT molecular complexity index is 334. The SMILES string of the molecule is CC.COc1cc(OC)cc(C(C)(C)C=O)c1. The Morgan fingerprint density at radius 1 is 1.00 bits per heavy atom. The second kappa shape index (κ2) is 6.94. The van der Waals surface area contributed by atoms with E-state index in [0.717, 1.165) is 11.8 Å². The molecule has 3 nitrogen and oxygen atoms in total. The number of hydrogen-bond donors (Lipinski definition) is 0. The van der Waals surface area contributed by atoms with Gasteiger partial charge in [-0.1, -0.05) is 13.8 Å². The summed E-state index contributed by atoms with van der Waals surface area (Å²) < 4.78 is 10.3. The molecule has 96 valence electrons. The summed E-state index contributed by atoms with van der Waals surface area (Å²) in [7, 11) is 3.18. The number of methoxy groups -OCH3 is 2. The highest BCUT2D eigenvalue weighted by Gasteiger charge is 2.21. The van der Waals surface area contributed by atoms with Crippen molar-refractivity contribution in [3.05, 3.63) is 23.8 Å². The average molecular weight is 238 g/mol. The minimum atomic E-state index is -0.526. The van der Waals surface area contributed by atoms with Crippen molar-refractivity contribution >= 4 is 6.29 Å². The molecule has 0 atom stereocenters. The predicted octanol–water partition coefficient (Wildman–Crippen LogP) is 3.21. The first-order valence-electron chi connectivity index (χ1n) is 5.73. The van der Waals surface area contributed by atoms with Gasteiger partial charge in [0.2, 0.25) is 0 Å². The summed E-state index contributed by atoms with van der Waals surface area (Å²) in [6.45, 7) is 7.71. The van der Waals surface area contributed by atoms with Crippen LogP contribution in [0.3, 0.4) is 0 Å². The van der Waals surface area contributed by atoms with E-state index < -0.39 is 5.41 Å². The Morgan fingerprint density at radius 2 is 1.41 bits per heavy atom. The molecule has 0 amide bonds. The van der Waals surface area contributed by atoms with Crippen LogP contribution >= 0.6 is 0 Å². The highest BCUT2D eigenvalue weighted by molar-refractivity contribution is 5.68. The van der Waals surface area contributed by atoms with E-state index in [1.54, 1.807) is 20.3 Å². The molecule has 3 heteroatoms. The van der Waals surface area contributed by atoms with Gasteiger partial charge in [0.25, 0.3) is 0 Å². The Hall–Kier alpha value is -1.51. The molecule has 17 heavy (non-hydrogen) atoms. The van der Waals surface area contributed by atoms with Gasteiger partial charge in [0.1, 0.15) is 17.8 Å². The van der Waals surface area contributed by atoms with Crippen LogP contribution in [0.25, 0.3) is 0 Å². The third-order valence-electron chi connectivity index (χ3n) is 2.39. The number of carbonyl (C=O) groups is 1. The summed E-state index contributed by atoms with van der Waals surface area (Å²) in [5, 5.41) is 0. The third kappa shape index (κ3) is 4.10. The molecule has 0 radical (unpaired) electrons. The van der Waals surface area contributed by atoms with Crippen molar-refractivity contribution in [2.45, 2.75) is 33.1 Å². The van der Waals surface area contributed by atoms with E-state index >= 15 is 0 Å². The van der Waals surface area contributed by atoms with Crippen LogP contribution in [0.2, 0.25) is 0 Å². The van der Waals surface area contributed by atoms with Crippen LogP contribution < -0.4 is 9.47 Å². The molecule has 0 saturated carbocycles. The van der Waals surface area contributed by atoms with Crippen LogP contribution in [-0.4, -0.2) is 20.5 Å². The maximum absolute atomic E-state index is 10.9. The minimum absolute atomic E-state index is 0.526. The zero-order valence-electron chi connectivity index (χ0n) is 11.5. The number of aldehydes is 1. The van der Waals surface area contributed by atoms with Crippen LogP contribution in [0.4, 0.5) is 0 Å². The molecular formula is C14H22O3. The fraction of sp³-hybridized carbons (Fsp3) is 0.500. The molecule has 1 aromatic rings. The van der Waals surface area contributed by atoms with Crippen molar-refractivity contribution in [1.29, 1.82) is 0 Å². The van der Waals surface area contributed by atoms with Gasteiger partial charge in [-0.05, 0) is 31.5 Å². The van der Waals surface area contributed by atoms with Gasteiger partial charge in [-0.15, -0.1) is 0 Å². The quantitative estimate of drug-likeness (QED) is 0.756. The topological polar surface area (TPSA) is 35.5 Å². The van der Waals surface area contributed by atoms with Crippen molar-refractivity contribution in [2.75, 3.05) is 14.2 Å². The minimum Gasteiger partial charge on any atom is -0.497 e. The molecule has 0 unspecified atom stereocenters. The fourth-order valence-electron chi connectivity index (χ4n) is 1.25. The van der Waals surface area contributed by atoms with Gasteiger partial charge in [0.15, 0.2) is 0 Å². The number of benzene rings is 1. The molecule has 0 aliphatic heterocycles. The van der Waals surface area contributed by atoms with Gasteiger partial charge in [-0.3, -0.25) is 0 Å². The lowest BCUT2D eigenvalue weighted by Gasteiger charge is -2.19. The Morgan fingerprint density at radius 3 is 1.71 bits per heavy atom. The lowest BCUT2D eigenvalue weighted by molar-refractivity contribution is -0.111. The van der Waals surface area contributed by atoms with Crippen molar-refractivity contribution in [2.24, 2.45) is 0 Å². The fourth-order valence-corrected chi connectivity index (χ4v) is 1.25. The monoisotopic (exact) mass is 238 g/mol. The van der Waals surface area contributed by atoms with E-state index in [2.05, 4.69) is 0 Å². The molecular weight excluding hydrogens is 216 g/mol. The van der Waals surface area contributed by atoms with Crippen molar-refractivity contribution < 1.29 is 14.3 Å². The van der Waals surface area contributed by atoms with Crippen molar-refractivity contribution in [3.8, 4) is 11.5 Å². The average Bonchev–Trinajstić information content (AvgIpc) is 2.40. The maximum Gasteiger partial charge on any atom is 0.129 e. The first kappa shape index (κ1) is 15.5. The normalized spacial score (nSPS) is 10.0. The molecule has 0 heterocycles. The standard InChI is InChI=1S/C12H16O3.C2H6/c1-12(2,8-13)9-5-10(14-3)7-11(6-9)15-4;1-2/h5-8H,1-4H3;1-2H3. The largest absolute Gasteiger partial charge is 0.497 e. The number of rotatable bonds is 4. The van der Waals surface area contributed by atoms with E-state index in [9.17, 15) is 4.79 Å². The molecule has 0 bridgehead atoms. The molecule has 0 fully saturated rings. The van der Waals surface area contributed by atoms with Gasteiger partial charge in [-0.2, -0.15) is 0 Å². The van der Waals surface area contributed by atoms with Gasteiger partial charge in [-0.25, -0.2) is 0 Å². The Kier molecular flexibility index (Phi) is 6.33. The van der Waals surface area contributed by atoms with Crippen LogP contribution in [0.5, 0.6) is 11.5 Å². The highest BCUT2D eigenvalue weighted by Crippen LogP contribution is 2.29. The van der Waals surface area contributed by atoms with Gasteiger partial charge >= 0.3 is 0 Å². The van der Waals surface area contributed by atoms with Crippen molar-refractivity contribution in [1.82, 2.24) is 0 Å². The van der Waals surface area contributed by atoms with Crippen LogP contribution in [0, 0.1) is 0 Å². The highest BCUT2D eigenvalue weighted by atomic mass is 16.5. The molecule has 0 N–H and O–H groups in total. The Labute approximate surface area is 104 Å². The molecule has 1 rings (SSSR count). The maximum atomic E-state index is 10.9. The number of ether oxygens (including phenoxy) is 2. The van der Waals surface area contributed by atoms with Crippen molar-refractivity contribution in [3.63, 3.8) is 0 Å². The van der Waals surface area contributed by atoms with E-state index in [0.29, 0.717) is 11.5 Å². The van der Waals surface area contributed by atoms with Gasteiger partial charge in [0, 0.05) is 11.5 Å². The first-order chi connectivity index (χ1) is 8.03. The van der Waals surface area contributed by atoms with Crippen LogP contribution in [-0.2, 0) is 10.2 Å². The lowest BCUT2D eigenvalue weighted by Crippen LogP contribution is -2.18. The van der Waals surface area contributed by atoms with Gasteiger partial charge in [0.05, 0.1) is 14.2 Å². The van der Waals surface area contributed by atoms with Gasteiger partial charge < -0.3 is 14.3 Å². The summed E-state index contributed by atoms with van der Waals surface area (Å²) in [4.78, 5) is 10.9. The molecule has 0 aliphatic carbocycles. The van der Waals surface area contributed by atoms with E-state index in [1.807, 2.05) is 39.8 Å². The molecule has 0 saturated heterocycles. The Balaban J connectivity index is 0.00000121. The summed E-state index contributed by atoms with van der Waals surface area (Å²) in [5.41, 5.74) is 0.357. The summed E-state index contributed by atoms with van der Waals surface area (Å²) in [5.74, 6) is 1.39. The van der Waals surface area contributed by atoms with Crippen LogP contribution in [0.15, 0.2) is 18.2 Å².